The number of pyridine rings is 1. The topological polar surface area (TPSA) is 58.3 Å². The van der Waals surface area contributed by atoms with E-state index < -0.39 is 0 Å². The van der Waals surface area contributed by atoms with Crippen LogP contribution in [-0.4, -0.2) is 33.8 Å². The zero-order valence-electron chi connectivity index (χ0n) is 17.1. The zero-order valence-corrected chi connectivity index (χ0v) is 19.4. The predicted molar refractivity (Wildman–Crippen MR) is 129 cm³/mol. The molecule has 0 fully saturated rings. The van der Waals surface area contributed by atoms with Gasteiger partial charge in [0.1, 0.15) is 0 Å². The smallest absolute Gasteiger partial charge is 0.198 e. The first-order valence-electron chi connectivity index (χ1n) is 9.78. The third kappa shape index (κ3) is 4.60. The molecule has 1 aromatic carbocycles. The molecule has 2 aromatic heterocycles. The predicted octanol–water partition coefficient (Wildman–Crippen LogP) is 4.03. The summed E-state index contributed by atoms with van der Waals surface area (Å²) in [7, 11) is 0. The van der Waals surface area contributed by atoms with E-state index in [1.165, 1.54) is 11.3 Å². The zero-order chi connectivity index (χ0) is 19.5. The van der Waals surface area contributed by atoms with Crippen molar-refractivity contribution in [3.63, 3.8) is 0 Å². The summed E-state index contributed by atoms with van der Waals surface area (Å²) in [5, 5.41) is 7.92. The normalized spacial score (nSPS) is 13.2. The van der Waals surface area contributed by atoms with Crippen LogP contribution in [0.15, 0.2) is 53.7 Å². The van der Waals surface area contributed by atoms with Crippen LogP contribution in [0.5, 0.6) is 0 Å². The van der Waals surface area contributed by atoms with Gasteiger partial charge in [0.2, 0.25) is 0 Å². The number of nitrogens with one attached hydrogen (secondary N) is 1. The molecule has 0 aliphatic carbocycles. The van der Waals surface area contributed by atoms with E-state index >= 15 is 0 Å². The van der Waals surface area contributed by atoms with Gasteiger partial charge < -0.3 is 10.2 Å². The number of anilines is 1. The van der Waals surface area contributed by atoms with E-state index in [2.05, 4.69) is 63.6 Å². The van der Waals surface area contributed by atoms with E-state index in [1.54, 1.807) is 0 Å². The van der Waals surface area contributed by atoms with E-state index in [9.17, 15) is 0 Å². The molecule has 0 atom stereocenters. The number of para-hydroxylation sites is 1. The maximum Gasteiger partial charge on any atom is 0.198 e. The maximum atomic E-state index is 4.86. The van der Waals surface area contributed by atoms with Crippen LogP contribution in [-0.2, 0) is 13.0 Å². The molecule has 0 spiro atoms. The van der Waals surface area contributed by atoms with Crippen molar-refractivity contribution in [3.05, 3.63) is 71.2 Å². The molecule has 3 aromatic rings. The van der Waals surface area contributed by atoms with Crippen LogP contribution in [0.4, 0.5) is 5.69 Å². The Labute approximate surface area is 189 Å². The Morgan fingerprint density at radius 1 is 1.17 bits per heavy atom. The largest absolute Gasteiger partial charge is 0.356 e. The average Bonchev–Trinajstić information content (AvgIpc) is 3.28. The van der Waals surface area contributed by atoms with Crippen molar-refractivity contribution < 1.29 is 0 Å². The highest BCUT2D eigenvalue weighted by atomic mass is 127. The highest BCUT2D eigenvalue weighted by molar-refractivity contribution is 14.0. The summed E-state index contributed by atoms with van der Waals surface area (Å²) in [6, 6.07) is 14.7. The molecule has 0 unspecified atom stereocenters. The van der Waals surface area contributed by atoms with Crippen molar-refractivity contribution in [1.82, 2.24) is 20.1 Å². The maximum absolute atomic E-state index is 4.86. The molecule has 3 heterocycles. The quantitative estimate of drug-likeness (QED) is 0.333. The second kappa shape index (κ2) is 9.39. The lowest BCUT2D eigenvalue weighted by atomic mass is 10.2. The SMILES string of the molecule is CCNC(=NCc1ccc(-n2nc(C)cc2C)nc1)N1CCc2ccccc21.I. The minimum atomic E-state index is 0. The molecule has 1 N–H and O–H groups in total. The molecule has 1 aliphatic rings. The van der Waals surface area contributed by atoms with Crippen molar-refractivity contribution in [1.29, 1.82) is 0 Å². The first kappa shape index (κ1) is 21.3. The molecule has 4 rings (SSSR count). The summed E-state index contributed by atoms with van der Waals surface area (Å²) < 4.78 is 1.87. The van der Waals surface area contributed by atoms with Crippen LogP contribution in [0.1, 0.15) is 29.4 Å². The second-order valence-electron chi connectivity index (χ2n) is 7.06. The molecule has 0 amide bonds. The summed E-state index contributed by atoms with van der Waals surface area (Å²) in [6.45, 7) is 8.52. The third-order valence-electron chi connectivity index (χ3n) is 4.92. The molecule has 0 saturated carbocycles. The van der Waals surface area contributed by atoms with E-state index in [0.29, 0.717) is 6.54 Å². The molecular weight excluding hydrogens is 475 g/mol. The number of aryl methyl sites for hydroxylation is 2. The lowest BCUT2D eigenvalue weighted by Crippen LogP contribution is -2.40. The number of aromatic nitrogens is 3. The number of fused-ring (bicyclic) bond motifs is 1. The summed E-state index contributed by atoms with van der Waals surface area (Å²) in [4.78, 5) is 11.7. The van der Waals surface area contributed by atoms with Gasteiger partial charge in [0.05, 0.1) is 12.2 Å². The number of benzene rings is 1. The Bertz CT molecular complexity index is 993. The Balaban J connectivity index is 0.00000240. The van der Waals surface area contributed by atoms with Crippen molar-refractivity contribution in [2.24, 2.45) is 4.99 Å². The van der Waals surface area contributed by atoms with Gasteiger partial charge in [0.25, 0.3) is 0 Å². The third-order valence-corrected chi connectivity index (χ3v) is 4.92. The fraction of sp³-hybridized carbons (Fsp3) is 0.318. The Hall–Kier alpha value is -2.42. The summed E-state index contributed by atoms with van der Waals surface area (Å²) in [5.74, 6) is 1.76. The lowest BCUT2D eigenvalue weighted by molar-refractivity contribution is 0.802. The molecule has 0 radical (unpaired) electrons. The summed E-state index contributed by atoms with van der Waals surface area (Å²) in [5.41, 5.74) is 5.78. The first-order valence-corrected chi connectivity index (χ1v) is 9.78. The molecule has 152 valence electrons. The molecule has 7 heteroatoms. The number of nitrogens with zero attached hydrogens (tertiary/aromatic N) is 5. The summed E-state index contributed by atoms with van der Waals surface area (Å²) >= 11 is 0. The van der Waals surface area contributed by atoms with Gasteiger partial charge in [-0.3, -0.25) is 0 Å². The highest BCUT2D eigenvalue weighted by Crippen LogP contribution is 2.27. The lowest BCUT2D eigenvalue weighted by Gasteiger charge is -2.22. The van der Waals surface area contributed by atoms with Gasteiger partial charge in [0.15, 0.2) is 11.8 Å². The van der Waals surface area contributed by atoms with Crippen LogP contribution >= 0.6 is 24.0 Å². The van der Waals surface area contributed by atoms with Crippen LogP contribution < -0.4 is 10.2 Å². The van der Waals surface area contributed by atoms with Gasteiger partial charge in [-0.15, -0.1) is 24.0 Å². The van der Waals surface area contributed by atoms with E-state index in [4.69, 9.17) is 4.99 Å². The van der Waals surface area contributed by atoms with Gasteiger partial charge in [-0.1, -0.05) is 24.3 Å². The number of hydrogen-bond acceptors (Lipinski definition) is 3. The van der Waals surface area contributed by atoms with Crippen LogP contribution in [0.25, 0.3) is 5.82 Å². The molecule has 29 heavy (non-hydrogen) atoms. The van der Waals surface area contributed by atoms with Crippen molar-refractivity contribution >= 4 is 35.6 Å². The van der Waals surface area contributed by atoms with Gasteiger partial charge in [-0.05, 0) is 56.5 Å². The number of aliphatic imine (C=N–C) groups is 1. The fourth-order valence-electron chi connectivity index (χ4n) is 3.62. The monoisotopic (exact) mass is 502 g/mol. The molecule has 6 nitrogen and oxygen atoms in total. The number of guanidine groups is 1. The van der Waals surface area contributed by atoms with E-state index in [1.807, 2.05) is 30.8 Å². The Morgan fingerprint density at radius 2 is 2.00 bits per heavy atom. The molecular formula is C22H27IN6. The highest BCUT2D eigenvalue weighted by Gasteiger charge is 2.22. The fourth-order valence-corrected chi connectivity index (χ4v) is 3.62. The van der Waals surface area contributed by atoms with Crippen LogP contribution in [0, 0.1) is 13.8 Å². The molecule has 0 saturated heterocycles. The van der Waals surface area contributed by atoms with Crippen molar-refractivity contribution in [2.45, 2.75) is 33.7 Å². The molecule has 1 aliphatic heterocycles. The van der Waals surface area contributed by atoms with Gasteiger partial charge in [0, 0.05) is 30.7 Å². The van der Waals surface area contributed by atoms with Crippen LogP contribution in [0.3, 0.4) is 0 Å². The second-order valence-corrected chi connectivity index (χ2v) is 7.06. The Kier molecular flexibility index (Phi) is 6.89. The van der Waals surface area contributed by atoms with Gasteiger partial charge in [-0.25, -0.2) is 14.7 Å². The summed E-state index contributed by atoms with van der Waals surface area (Å²) in [6.07, 6.45) is 2.94. The van der Waals surface area contributed by atoms with E-state index in [0.717, 1.165) is 48.2 Å². The van der Waals surface area contributed by atoms with E-state index in [-0.39, 0.29) is 24.0 Å². The first-order chi connectivity index (χ1) is 13.7. The number of rotatable bonds is 4. The van der Waals surface area contributed by atoms with Crippen LogP contribution in [0.2, 0.25) is 0 Å². The minimum Gasteiger partial charge on any atom is -0.356 e. The average molecular weight is 502 g/mol. The Morgan fingerprint density at radius 3 is 2.69 bits per heavy atom. The van der Waals surface area contributed by atoms with Crippen molar-refractivity contribution in [2.75, 3.05) is 18.0 Å². The molecule has 0 bridgehead atoms. The standard InChI is InChI=1S/C22H26N6.HI/c1-4-23-22(27-12-11-19-7-5-6-8-20(19)27)25-15-18-9-10-21(24-14-18)28-17(3)13-16(2)26-28;/h5-10,13-14H,4,11-12,15H2,1-3H3,(H,23,25);1H. The number of hydrogen-bond donors (Lipinski definition) is 1. The van der Waals surface area contributed by atoms with Crippen molar-refractivity contribution in [3.8, 4) is 5.82 Å². The van der Waals surface area contributed by atoms with Gasteiger partial charge >= 0.3 is 0 Å². The minimum absolute atomic E-state index is 0. The number of halogens is 1. The van der Waals surface area contributed by atoms with Gasteiger partial charge in [-0.2, -0.15) is 5.10 Å².